The number of rotatable bonds is 4. The molecule has 0 bridgehead atoms. The zero-order chi connectivity index (χ0) is 21.5. The number of alkyl halides is 3. The average molecular weight is 430 g/mol. The highest BCUT2D eigenvalue weighted by molar-refractivity contribution is 7.98. The summed E-state index contributed by atoms with van der Waals surface area (Å²) in [7, 11) is 0. The predicted octanol–water partition coefficient (Wildman–Crippen LogP) is 5.01. The Bertz CT molecular complexity index is 1280. The summed E-state index contributed by atoms with van der Waals surface area (Å²) in [6.45, 7) is 3.79. The molecule has 2 aromatic heterocycles. The summed E-state index contributed by atoms with van der Waals surface area (Å²) in [5, 5.41) is 4.60. The molecule has 2 heterocycles. The van der Waals surface area contributed by atoms with Gasteiger partial charge < -0.3 is 0 Å². The molecule has 0 aliphatic carbocycles. The summed E-state index contributed by atoms with van der Waals surface area (Å²) in [6, 6.07) is 12.9. The third kappa shape index (κ3) is 3.97. The van der Waals surface area contributed by atoms with Crippen LogP contribution in [0.3, 0.4) is 0 Å². The van der Waals surface area contributed by atoms with Gasteiger partial charge in [0, 0.05) is 11.3 Å². The fraction of sp³-hybridized carbons (Fsp3) is 0.190. The number of halogens is 3. The summed E-state index contributed by atoms with van der Waals surface area (Å²) in [4.78, 5) is 19.7. The quantitative estimate of drug-likeness (QED) is 0.462. The van der Waals surface area contributed by atoms with Gasteiger partial charge in [-0.3, -0.25) is 4.98 Å². The summed E-state index contributed by atoms with van der Waals surface area (Å²) in [5.41, 5.74) is 3.15. The number of aromatic nitrogens is 4. The molecule has 0 aliphatic heterocycles. The lowest BCUT2D eigenvalue weighted by atomic mass is 10.0. The molecular weight excluding hydrogens is 413 g/mol. The van der Waals surface area contributed by atoms with E-state index in [1.165, 1.54) is 10.6 Å². The van der Waals surface area contributed by atoms with Gasteiger partial charge in [0.05, 0.1) is 11.3 Å². The molecule has 0 atom stereocenters. The zero-order valence-corrected chi connectivity index (χ0v) is 16.9. The molecule has 154 valence electrons. The molecule has 0 amide bonds. The van der Waals surface area contributed by atoms with E-state index in [-0.39, 0.29) is 5.75 Å². The molecule has 1 N–H and O–H groups in total. The standard InChI is InChI=1S/C21H17F3N4OS/c1-12-6-8-15(9-7-12)17-13(2)27-28-18(17)25-19(26-20(28)29)30-11-14-4-3-5-16(10-14)21(22,23)24/h3-10H,11H2,1-2H3,(H,25,26,29). The van der Waals surface area contributed by atoms with E-state index < -0.39 is 17.4 Å². The van der Waals surface area contributed by atoms with Gasteiger partial charge in [0.2, 0.25) is 0 Å². The Balaban J connectivity index is 1.68. The van der Waals surface area contributed by atoms with Crippen molar-refractivity contribution in [1.82, 2.24) is 19.6 Å². The van der Waals surface area contributed by atoms with Crippen molar-refractivity contribution in [1.29, 1.82) is 0 Å². The van der Waals surface area contributed by atoms with Crippen molar-refractivity contribution in [3.05, 3.63) is 81.4 Å². The maximum Gasteiger partial charge on any atom is 0.416 e. The number of hydrogen-bond donors (Lipinski definition) is 1. The second kappa shape index (κ2) is 7.64. The van der Waals surface area contributed by atoms with Gasteiger partial charge in [-0.05, 0) is 31.0 Å². The van der Waals surface area contributed by atoms with Gasteiger partial charge in [-0.15, -0.1) is 0 Å². The maximum absolute atomic E-state index is 12.9. The molecule has 0 spiro atoms. The van der Waals surface area contributed by atoms with Gasteiger partial charge >= 0.3 is 11.9 Å². The largest absolute Gasteiger partial charge is 0.416 e. The van der Waals surface area contributed by atoms with Crippen LogP contribution in [0.4, 0.5) is 13.2 Å². The molecule has 0 radical (unpaired) electrons. The number of nitrogens with zero attached hydrogens (tertiary/aromatic N) is 3. The van der Waals surface area contributed by atoms with Crippen LogP contribution in [-0.2, 0) is 11.9 Å². The molecule has 4 rings (SSSR count). The minimum Gasteiger partial charge on any atom is -0.285 e. The van der Waals surface area contributed by atoms with E-state index in [9.17, 15) is 18.0 Å². The Kier molecular flexibility index (Phi) is 5.15. The monoisotopic (exact) mass is 430 g/mol. The van der Waals surface area contributed by atoms with E-state index in [1.807, 2.05) is 31.2 Å². The first-order valence-electron chi connectivity index (χ1n) is 9.08. The van der Waals surface area contributed by atoms with Crippen LogP contribution in [0.1, 0.15) is 22.4 Å². The number of fused-ring (bicyclic) bond motifs is 1. The normalized spacial score (nSPS) is 11.9. The first kappa shape index (κ1) is 20.2. The number of benzene rings is 2. The topological polar surface area (TPSA) is 63.1 Å². The van der Waals surface area contributed by atoms with Crippen molar-refractivity contribution in [3.8, 4) is 11.1 Å². The van der Waals surface area contributed by atoms with E-state index in [4.69, 9.17) is 0 Å². The second-order valence-electron chi connectivity index (χ2n) is 6.90. The van der Waals surface area contributed by atoms with Crippen LogP contribution in [0.25, 0.3) is 16.8 Å². The second-order valence-corrected chi connectivity index (χ2v) is 7.86. The highest BCUT2D eigenvalue weighted by atomic mass is 32.2. The van der Waals surface area contributed by atoms with Crippen LogP contribution in [0.5, 0.6) is 0 Å². The lowest BCUT2D eigenvalue weighted by molar-refractivity contribution is -0.137. The summed E-state index contributed by atoms with van der Waals surface area (Å²) in [6.07, 6.45) is -4.40. The SMILES string of the molecule is Cc1ccc(-c2c(C)nn3c(=O)[nH]c(SCc4cccc(C(F)(F)F)c4)nc23)cc1. The van der Waals surface area contributed by atoms with Gasteiger partial charge in [0.1, 0.15) is 0 Å². The molecule has 0 fully saturated rings. The van der Waals surface area contributed by atoms with E-state index in [0.717, 1.165) is 40.6 Å². The summed E-state index contributed by atoms with van der Waals surface area (Å²) >= 11 is 1.16. The Hall–Kier alpha value is -3.07. The van der Waals surface area contributed by atoms with E-state index in [1.54, 1.807) is 13.0 Å². The molecule has 0 aliphatic rings. The predicted molar refractivity (Wildman–Crippen MR) is 110 cm³/mol. The molecular formula is C21H17F3N4OS. The Morgan fingerprint density at radius 1 is 1.10 bits per heavy atom. The number of aryl methyl sites for hydroxylation is 2. The van der Waals surface area contributed by atoms with Crippen molar-refractivity contribution < 1.29 is 13.2 Å². The van der Waals surface area contributed by atoms with Crippen molar-refractivity contribution in [2.24, 2.45) is 0 Å². The molecule has 30 heavy (non-hydrogen) atoms. The van der Waals surface area contributed by atoms with Crippen LogP contribution >= 0.6 is 11.8 Å². The molecule has 9 heteroatoms. The van der Waals surface area contributed by atoms with Crippen LogP contribution in [0.2, 0.25) is 0 Å². The summed E-state index contributed by atoms with van der Waals surface area (Å²) in [5.74, 6) is 0.232. The number of hydrogen-bond acceptors (Lipinski definition) is 4. The number of thioether (sulfide) groups is 1. The molecule has 0 saturated heterocycles. The van der Waals surface area contributed by atoms with E-state index >= 15 is 0 Å². The molecule has 4 aromatic rings. The molecule has 5 nitrogen and oxygen atoms in total. The smallest absolute Gasteiger partial charge is 0.285 e. The zero-order valence-electron chi connectivity index (χ0n) is 16.1. The van der Waals surface area contributed by atoms with Crippen LogP contribution < -0.4 is 5.69 Å². The van der Waals surface area contributed by atoms with Crippen LogP contribution in [-0.4, -0.2) is 19.6 Å². The van der Waals surface area contributed by atoms with Gasteiger partial charge in [-0.25, -0.2) is 9.78 Å². The van der Waals surface area contributed by atoms with Crippen molar-refractivity contribution in [3.63, 3.8) is 0 Å². The van der Waals surface area contributed by atoms with Gasteiger partial charge in [0.15, 0.2) is 10.8 Å². The van der Waals surface area contributed by atoms with Gasteiger partial charge in [-0.2, -0.15) is 22.8 Å². The number of aromatic amines is 1. The molecule has 0 saturated carbocycles. The molecule has 0 unspecified atom stereocenters. The Morgan fingerprint density at radius 2 is 1.83 bits per heavy atom. The van der Waals surface area contributed by atoms with Crippen LogP contribution in [0.15, 0.2) is 58.5 Å². The maximum atomic E-state index is 12.9. The van der Waals surface area contributed by atoms with Crippen molar-refractivity contribution >= 4 is 17.4 Å². The molecule has 2 aromatic carbocycles. The average Bonchev–Trinajstić information content (AvgIpc) is 3.03. The third-order valence-corrected chi connectivity index (χ3v) is 5.56. The lowest BCUT2D eigenvalue weighted by Crippen LogP contribution is -2.19. The van der Waals surface area contributed by atoms with E-state index in [2.05, 4.69) is 15.1 Å². The summed E-state index contributed by atoms with van der Waals surface area (Å²) < 4.78 is 40.0. The highest BCUT2D eigenvalue weighted by Crippen LogP contribution is 2.31. The first-order chi connectivity index (χ1) is 14.2. The minimum atomic E-state index is -4.40. The van der Waals surface area contributed by atoms with Crippen LogP contribution in [0, 0.1) is 13.8 Å². The van der Waals surface area contributed by atoms with Crippen molar-refractivity contribution in [2.45, 2.75) is 30.9 Å². The van der Waals surface area contributed by atoms with Gasteiger partial charge in [-0.1, -0.05) is 59.8 Å². The number of H-pyrrole nitrogens is 1. The van der Waals surface area contributed by atoms with E-state index in [0.29, 0.717) is 22.1 Å². The first-order valence-corrected chi connectivity index (χ1v) is 10.1. The van der Waals surface area contributed by atoms with Gasteiger partial charge in [0.25, 0.3) is 0 Å². The third-order valence-electron chi connectivity index (χ3n) is 4.62. The Morgan fingerprint density at radius 3 is 2.53 bits per heavy atom. The minimum absolute atomic E-state index is 0.232. The number of nitrogens with one attached hydrogen (secondary N) is 1. The fourth-order valence-corrected chi connectivity index (χ4v) is 3.94. The highest BCUT2D eigenvalue weighted by Gasteiger charge is 2.30. The lowest BCUT2D eigenvalue weighted by Gasteiger charge is -2.08. The fourth-order valence-electron chi connectivity index (χ4n) is 3.14. The van der Waals surface area contributed by atoms with Crippen molar-refractivity contribution in [2.75, 3.05) is 0 Å². The Labute approximate surface area is 174 Å².